The number of aromatic hydroxyl groups is 1. The number of phenols is 1. The summed E-state index contributed by atoms with van der Waals surface area (Å²) in [6, 6.07) is 8.01. The van der Waals surface area contributed by atoms with Gasteiger partial charge in [0.15, 0.2) is 5.78 Å². The zero-order valence-corrected chi connectivity index (χ0v) is 12.7. The zero-order chi connectivity index (χ0) is 17.0. The minimum absolute atomic E-state index is 0.0191. The van der Waals surface area contributed by atoms with E-state index in [1.54, 1.807) is 6.07 Å². The number of Topliss-reactive ketones (excluding diaryl/α,β-unsaturated/α-hetero) is 1. The number of fused-ring (bicyclic) bond motifs is 2. The second-order valence-corrected chi connectivity index (χ2v) is 5.84. The van der Waals surface area contributed by atoms with Crippen LogP contribution < -0.4 is 5.32 Å². The predicted octanol–water partition coefficient (Wildman–Crippen LogP) is 3.05. The van der Waals surface area contributed by atoms with Crippen LogP contribution in [0.2, 0.25) is 0 Å². The smallest absolute Gasteiger partial charge is 0.252 e. The molecule has 120 valence electrons. The van der Waals surface area contributed by atoms with Gasteiger partial charge in [0, 0.05) is 29.0 Å². The fourth-order valence-corrected chi connectivity index (χ4v) is 3.27. The lowest BCUT2D eigenvalue weighted by atomic mass is 9.94. The largest absolute Gasteiger partial charge is 0.508 e. The Morgan fingerprint density at radius 3 is 2.75 bits per heavy atom. The molecule has 0 saturated carbocycles. The van der Waals surface area contributed by atoms with E-state index in [0.717, 1.165) is 0 Å². The van der Waals surface area contributed by atoms with Crippen molar-refractivity contribution in [1.82, 2.24) is 10.3 Å². The molecular weight excluding hydrogens is 311 g/mol. The molecule has 24 heavy (non-hydrogen) atoms. The number of halogens is 1. The van der Waals surface area contributed by atoms with Gasteiger partial charge in [0.1, 0.15) is 11.6 Å². The van der Waals surface area contributed by atoms with E-state index in [1.807, 2.05) is 0 Å². The SMILES string of the molecule is CC(=O)c1[nH]c2ccc(F)cc2c1C1NC(=O)c2ccc(O)cc21. The van der Waals surface area contributed by atoms with Gasteiger partial charge in [-0.3, -0.25) is 9.59 Å². The number of amides is 1. The lowest BCUT2D eigenvalue weighted by Gasteiger charge is -2.13. The molecule has 0 saturated heterocycles. The predicted molar refractivity (Wildman–Crippen MR) is 85.7 cm³/mol. The number of aromatic nitrogens is 1. The van der Waals surface area contributed by atoms with Crippen LogP contribution in [-0.4, -0.2) is 21.8 Å². The third-order valence-corrected chi connectivity index (χ3v) is 4.31. The van der Waals surface area contributed by atoms with Gasteiger partial charge in [0.05, 0.1) is 11.7 Å². The quantitative estimate of drug-likeness (QED) is 0.634. The molecule has 1 atom stereocenters. The monoisotopic (exact) mass is 324 g/mol. The molecule has 1 unspecified atom stereocenters. The maximum Gasteiger partial charge on any atom is 0.252 e. The zero-order valence-electron chi connectivity index (χ0n) is 12.7. The first-order chi connectivity index (χ1) is 11.5. The van der Waals surface area contributed by atoms with Crippen molar-refractivity contribution in [3.63, 3.8) is 0 Å². The van der Waals surface area contributed by atoms with Gasteiger partial charge in [-0.1, -0.05) is 0 Å². The van der Waals surface area contributed by atoms with E-state index in [4.69, 9.17) is 0 Å². The molecule has 0 radical (unpaired) electrons. The van der Waals surface area contributed by atoms with Crippen molar-refractivity contribution in [1.29, 1.82) is 0 Å². The van der Waals surface area contributed by atoms with Crippen molar-refractivity contribution >= 4 is 22.6 Å². The molecule has 1 amide bonds. The highest BCUT2D eigenvalue weighted by molar-refractivity contribution is 6.05. The molecule has 3 N–H and O–H groups in total. The molecule has 3 aromatic rings. The first-order valence-corrected chi connectivity index (χ1v) is 7.41. The van der Waals surface area contributed by atoms with Gasteiger partial charge in [-0.05, 0) is 42.0 Å². The molecule has 6 heteroatoms. The molecule has 0 spiro atoms. The number of benzene rings is 2. The number of nitrogens with one attached hydrogen (secondary N) is 2. The molecule has 1 aromatic heterocycles. The summed E-state index contributed by atoms with van der Waals surface area (Å²) in [5, 5.41) is 13.1. The normalized spacial score (nSPS) is 16.2. The number of phenolic OH excluding ortho intramolecular Hbond substituents is 1. The van der Waals surface area contributed by atoms with Gasteiger partial charge in [-0.2, -0.15) is 0 Å². The number of H-pyrrole nitrogens is 1. The fourth-order valence-electron chi connectivity index (χ4n) is 3.27. The number of carbonyl (C=O) groups excluding carboxylic acids is 2. The maximum atomic E-state index is 13.7. The van der Waals surface area contributed by atoms with Gasteiger partial charge >= 0.3 is 0 Å². The molecule has 0 fully saturated rings. The minimum atomic E-state index is -0.631. The second-order valence-electron chi connectivity index (χ2n) is 5.84. The van der Waals surface area contributed by atoms with Crippen LogP contribution in [0.1, 0.15) is 44.9 Å². The van der Waals surface area contributed by atoms with E-state index in [2.05, 4.69) is 10.3 Å². The summed E-state index contributed by atoms with van der Waals surface area (Å²) in [4.78, 5) is 27.3. The summed E-state index contributed by atoms with van der Waals surface area (Å²) in [5.74, 6) is -0.927. The van der Waals surface area contributed by atoms with Gasteiger partial charge in [0.2, 0.25) is 0 Å². The summed E-state index contributed by atoms with van der Waals surface area (Å²) in [5.41, 5.74) is 2.43. The average Bonchev–Trinajstić information content (AvgIpc) is 3.05. The lowest BCUT2D eigenvalue weighted by molar-refractivity contribution is 0.0956. The fraction of sp³-hybridized carbons (Fsp3) is 0.111. The Labute approximate surface area is 136 Å². The van der Waals surface area contributed by atoms with Crippen molar-refractivity contribution in [2.45, 2.75) is 13.0 Å². The molecule has 4 rings (SSSR count). The van der Waals surface area contributed by atoms with Crippen LogP contribution in [0.4, 0.5) is 4.39 Å². The number of ketones is 1. The third kappa shape index (κ3) is 2.00. The molecular formula is C18H13FN2O3. The topological polar surface area (TPSA) is 82.2 Å². The lowest BCUT2D eigenvalue weighted by Crippen LogP contribution is -2.21. The Morgan fingerprint density at radius 2 is 2.00 bits per heavy atom. The Morgan fingerprint density at radius 1 is 1.21 bits per heavy atom. The minimum Gasteiger partial charge on any atom is -0.508 e. The van der Waals surface area contributed by atoms with Gasteiger partial charge in [-0.15, -0.1) is 0 Å². The van der Waals surface area contributed by atoms with E-state index in [1.165, 1.54) is 37.3 Å². The second kappa shape index (κ2) is 4.92. The van der Waals surface area contributed by atoms with E-state index < -0.39 is 11.9 Å². The first kappa shape index (κ1) is 14.4. The van der Waals surface area contributed by atoms with Crippen molar-refractivity contribution in [2.24, 2.45) is 0 Å². The Balaban J connectivity index is 2.02. The molecule has 2 aromatic carbocycles. The van der Waals surface area contributed by atoms with Crippen LogP contribution in [-0.2, 0) is 0 Å². The van der Waals surface area contributed by atoms with Crippen molar-refractivity contribution < 1.29 is 19.1 Å². The highest BCUT2D eigenvalue weighted by atomic mass is 19.1. The van der Waals surface area contributed by atoms with Crippen molar-refractivity contribution in [3.8, 4) is 5.75 Å². The van der Waals surface area contributed by atoms with E-state index in [0.29, 0.717) is 33.3 Å². The van der Waals surface area contributed by atoms with Crippen LogP contribution in [0.25, 0.3) is 10.9 Å². The highest BCUT2D eigenvalue weighted by Crippen LogP contribution is 2.38. The van der Waals surface area contributed by atoms with Crippen molar-refractivity contribution in [3.05, 3.63) is 64.6 Å². The maximum absolute atomic E-state index is 13.7. The molecule has 5 nitrogen and oxygen atoms in total. The van der Waals surface area contributed by atoms with Crippen LogP contribution in [0, 0.1) is 5.82 Å². The third-order valence-electron chi connectivity index (χ3n) is 4.31. The first-order valence-electron chi connectivity index (χ1n) is 7.41. The van der Waals surface area contributed by atoms with Crippen LogP contribution in [0.15, 0.2) is 36.4 Å². The Kier molecular flexibility index (Phi) is 2.96. The molecule has 0 bridgehead atoms. The number of aromatic amines is 1. The summed E-state index contributed by atoms with van der Waals surface area (Å²) < 4.78 is 13.7. The summed E-state index contributed by atoms with van der Waals surface area (Å²) in [7, 11) is 0. The van der Waals surface area contributed by atoms with Crippen LogP contribution in [0.5, 0.6) is 5.75 Å². The number of rotatable bonds is 2. The average molecular weight is 324 g/mol. The highest BCUT2D eigenvalue weighted by Gasteiger charge is 2.34. The van der Waals surface area contributed by atoms with E-state index in [-0.39, 0.29) is 17.4 Å². The number of hydrogen-bond acceptors (Lipinski definition) is 3. The van der Waals surface area contributed by atoms with E-state index >= 15 is 0 Å². The van der Waals surface area contributed by atoms with E-state index in [9.17, 15) is 19.1 Å². The molecule has 1 aliphatic heterocycles. The molecule has 2 heterocycles. The number of hydrogen-bond donors (Lipinski definition) is 3. The molecule has 0 aliphatic carbocycles. The van der Waals surface area contributed by atoms with Crippen molar-refractivity contribution in [2.75, 3.05) is 0 Å². The number of carbonyl (C=O) groups is 2. The summed E-state index contributed by atoms with van der Waals surface area (Å²) in [6.07, 6.45) is 0. The van der Waals surface area contributed by atoms with Gasteiger partial charge in [-0.25, -0.2) is 4.39 Å². The Bertz CT molecular complexity index is 1020. The van der Waals surface area contributed by atoms with Crippen LogP contribution in [0.3, 0.4) is 0 Å². The standard InChI is InChI=1S/C18H13FN2O3/c1-8(22)16-15(13-6-9(19)2-5-14(13)20-16)17-12-7-10(23)3-4-11(12)18(24)21-17/h2-7,17,20,23H,1H3,(H,21,24). The summed E-state index contributed by atoms with van der Waals surface area (Å²) in [6.45, 7) is 1.41. The Hall–Kier alpha value is -3.15. The van der Waals surface area contributed by atoms with Crippen LogP contribution >= 0.6 is 0 Å². The summed E-state index contributed by atoms with van der Waals surface area (Å²) >= 11 is 0. The van der Waals surface area contributed by atoms with Gasteiger partial charge in [0.25, 0.3) is 5.91 Å². The molecule has 1 aliphatic rings. The van der Waals surface area contributed by atoms with Gasteiger partial charge < -0.3 is 15.4 Å².